The summed E-state index contributed by atoms with van der Waals surface area (Å²) in [6, 6.07) is 6.88. The molecule has 0 unspecified atom stereocenters. The predicted octanol–water partition coefficient (Wildman–Crippen LogP) is 4.74. The highest BCUT2D eigenvalue weighted by Crippen LogP contribution is 2.31. The Morgan fingerprint density at radius 2 is 1.68 bits per heavy atom. The molecule has 0 spiro atoms. The number of hydrogen-bond donors (Lipinski definition) is 0. The van der Waals surface area contributed by atoms with E-state index in [1.54, 1.807) is 0 Å². The molecule has 0 bridgehead atoms. The highest BCUT2D eigenvalue weighted by Gasteiger charge is 2.18. The van der Waals surface area contributed by atoms with E-state index in [1.807, 2.05) is 0 Å². The van der Waals surface area contributed by atoms with Crippen LogP contribution in [-0.4, -0.2) is 0 Å². The molecule has 1 nitrogen and oxygen atoms in total. The molecule has 0 radical (unpaired) electrons. The van der Waals surface area contributed by atoms with Crippen LogP contribution in [0.4, 0.5) is 0 Å². The molecule has 1 fully saturated rings. The largest absolute Gasteiger partial charge is 0.198 e. The van der Waals surface area contributed by atoms with Crippen molar-refractivity contribution in [3.8, 4) is 6.07 Å². The standard InChI is InChI=1S/C18H25N/c1-13-4-6-16(7-5-13)12-17-10-14(2)18(8-9-19)15(3)11-17/h10-11,13,16H,4-8,12H2,1-3H3. The summed E-state index contributed by atoms with van der Waals surface area (Å²) in [5.74, 6) is 1.80. The molecule has 1 aromatic rings. The van der Waals surface area contributed by atoms with Gasteiger partial charge in [-0.2, -0.15) is 5.26 Å². The molecule has 1 aliphatic rings. The van der Waals surface area contributed by atoms with Gasteiger partial charge in [0.1, 0.15) is 0 Å². The van der Waals surface area contributed by atoms with E-state index in [1.165, 1.54) is 54.4 Å². The smallest absolute Gasteiger partial charge is 0.0669 e. The average Bonchev–Trinajstić information content (AvgIpc) is 2.37. The van der Waals surface area contributed by atoms with Crippen molar-refractivity contribution in [1.29, 1.82) is 5.26 Å². The van der Waals surface area contributed by atoms with Crippen LogP contribution in [0.5, 0.6) is 0 Å². The van der Waals surface area contributed by atoms with E-state index in [9.17, 15) is 0 Å². The summed E-state index contributed by atoms with van der Waals surface area (Å²) in [6.07, 6.45) is 7.34. The maximum absolute atomic E-state index is 8.87. The van der Waals surface area contributed by atoms with Gasteiger partial charge in [-0.25, -0.2) is 0 Å². The molecule has 1 aliphatic carbocycles. The molecular formula is C18H25N. The topological polar surface area (TPSA) is 23.8 Å². The second-order valence-electron chi connectivity index (χ2n) is 6.37. The Morgan fingerprint density at radius 3 is 2.21 bits per heavy atom. The van der Waals surface area contributed by atoms with Crippen molar-refractivity contribution in [2.45, 2.75) is 59.3 Å². The van der Waals surface area contributed by atoms with Crippen molar-refractivity contribution in [1.82, 2.24) is 0 Å². The van der Waals surface area contributed by atoms with Gasteiger partial charge in [0, 0.05) is 0 Å². The minimum absolute atomic E-state index is 0.541. The molecule has 2 rings (SSSR count). The second-order valence-corrected chi connectivity index (χ2v) is 6.37. The minimum Gasteiger partial charge on any atom is -0.198 e. The third kappa shape index (κ3) is 3.60. The third-order valence-corrected chi connectivity index (χ3v) is 4.67. The predicted molar refractivity (Wildman–Crippen MR) is 80.1 cm³/mol. The van der Waals surface area contributed by atoms with E-state index < -0.39 is 0 Å². The summed E-state index contributed by atoms with van der Waals surface area (Å²) in [4.78, 5) is 0. The molecule has 102 valence electrons. The quantitative estimate of drug-likeness (QED) is 0.765. The van der Waals surface area contributed by atoms with Crippen molar-refractivity contribution < 1.29 is 0 Å². The Balaban J connectivity index is 2.07. The maximum Gasteiger partial charge on any atom is 0.0669 e. The normalized spacial score (nSPS) is 23.1. The fourth-order valence-electron chi connectivity index (χ4n) is 3.43. The third-order valence-electron chi connectivity index (χ3n) is 4.67. The summed E-state index contributed by atoms with van der Waals surface area (Å²) >= 11 is 0. The second kappa shape index (κ2) is 6.24. The van der Waals surface area contributed by atoms with Gasteiger partial charge in [0.05, 0.1) is 12.5 Å². The summed E-state index contributed by atoms with van der Waals surface area (Å²) in [5, 5.41) is 8.87. The highest BCUT2D eigenvalue weighted by molar-refractivity contribution is 5.39. The molecule has 0 saturated heterocycles. The molecule has 19 heavy (non-hydrogen) atoms. The first-order chi connectivity index (χ1) is 9.10. The van der Waals surface area contributed by atoms with Gasteiger partial charge in [-0.05, 0) is 67.2 Å². The maximum atomic E-state index is 8.87. The average molecular weight is 255 g/mol. The van der Waals surface area contributed by atoms with E-state index in [-0.39, 0.29) is 0 Å². The van der Waals surface area contributed by atoms with Crippen LogP contribution in [0, 0.1) is 37.0 Å². The Morgan fingerprint density at radius 1 is 1.11 bits per heavy atom. The first-order valence-corrected chi connectivity index (χ1v) is 7.56. The molecule has 0 aliphatic heterocycles. The molecule has 0 aromatic heterocycles. The molecular weight excluding hydrogens is 230 g/mol. The number of hydrogen-bond acceptors (Lipinski definition) is 1. The van der Waals surface area contributed by atoms with Crippen molar-refractivity contribution in [3.05, 3.63) is 34.4 Å². The van der Waals surface area contributed by atoms with Gasteiger partial charge in [0.2, 0.25) is 0 Å². The van der Waals surface area contributed by atoms with Crippen LogP contribution in [0.3, 0.4) is 0 Å². The number of rotatable bonds is 3. The minimum atomic E-state index is 0.541. The molecule has 0 N–H and O–H groups in total. The monoisotopic (exact) mass is 255 g/mol. The van der Waals surface area contributed by atoms with E-state index in [2.05, 4.69) is 39.0 Å². The zero-order valence-corrected chi connectivity index (χ0v) is 12.5. The Labute approximate surface area is 117 Å². The van der Waals surface area contributed by atoms with Gasteiger partial charge in [-0.3, -0.25) is 0 Å². The van der Waals surface area contributed by atoms with Gasteiger partial charge in [0.15, 0.2) is 0 Å². The van der Waals surface area contributed by atoms with Crippen molar-refractivity contribution in [3.63, 3.8) is 0 Å². The van der Waals surface area contributed by atoms with Crippen molar-refractivity contribution in [2.75, 3.05) is 0 Å². The molecule has 1 aromatic carbocycles. The van der Waals surface area contributed by atoms with E-state index >= 15 is 0 Å². The fourth-order valence-corrected chi connectivity index (χ4v) is 3.43. The van der Waals surface area contributed by atoms with Gasteiger partial charge in [-0.15, -0.1) is 0 Å². The highest BCUT2D eigenvalue weighted by atomic mass is 14.3. The lowest BCUT2D eigenvalue weighted by molar-refractivity contribution is 0.289. The molecule has 0 atom stereocenters. The number of benzene rings is 1. The van der Waals surface area contributed by atoms with Gasteiger partial charge >= 0.3 is 0 Å². The van der Waals surface area contributed by atoms with Crippen LogP contribution < -0.4 is 0 Å². The molecule has 1 saturated carbocycles. The SMILES string of the molecule is Cc1cc(CC2CCC(C)CC2)cc(C)c1CC#N. The zero-order valence-electron chi connectivity index (χ0n) is 12.5. The van der Waals surface area contributed by atoms with Crippen LogP contribution in [0.15, 0.2) is 12.1 Å². The van der Waals surface area contributed by atoms with Crippen molar-refractivity contribution in [2.24, 2.45) is 11.8 Å². The van der Waals surface area contributed by atoms with Gasteiger partial charge in [-0.1, -0.05) is 31.9 Å². The summed E-state index contributed by atoms with van der Waals surface area (Å²) < 4.78 is 0. The fraction of sp³-hybridized carbons (Fsp3) is 0.611. The van der Waals surface area contributed by atoms with Gasteiger partial charge in [0.25, 0.3) is 0 Å². The lowest BCUT2D eigenvalue weighted by atomic mass is 9.79. The van der Waals surface area contributed by atoms with Crippen LogP contribution >= 0.6 is 0 Å². The molecule has 0 amide bonds. The van der Waals surface area contributed by atoms with Crippen LogP contribution in [0.2, 0.25) is 0 Å². The van der Waals surface area contributed by atoms with E-state index in [0.29, 0.717) is 6.42 Å². The molecule has 0 heterocycles. The Bertz CT molecular complexity index is 450. The number of nitrogens with zero attached hydrogens (tertiary/aromatic N) is 1. The van der Waals surface area contributed by atoms with Crippen LogP contribution in [0.1, 0.15) is 54.9 Å². The first kappa shape index (κ1) is 14.1. The summed E-state index contributed by atoms with van der Waals surface area (Å²) in [6.45, 7) is 6.67. The van der Waals surface area contributed by atoms with E-state index in [4.69, 9.17) is 5.26 Å². The van der Waals surface area contributed by atoms with Crippen LogP contribution in [0.25, 0.3) is 0 Å². The summed E-state index contributed by atoms with van der Waals surface area (Å²) in [7, 11) is 0. The zero-order chi connectivity index (χ0) is 13.8. The summed E-state index contributed by atoms with van der Waals surface area (Å²) in [5.41, 5.74) is 5.28. The molecule has 1 heteroatoms. The Hall–Kier alpha value is -1.29. The van der Waals surface area contributed by atoms with Gasteiger partial charge < -0.3 is 0 Å². The number of aryl methyl sites for hydroxylation is 2. The number of nitriles is 1. The van der Waals surface area contributed by atoms with E-state index in [0.717, 1.165) is 11.8 Å². The lowest BCUT2D eigenvalue weighted by Crippen LogP contribution is -2.14. The van der Waals surface area contributed by atoms with Crippen molar-refractivity contribution >= 4 is 0 Å². The van der Waals surface area contributed by atoms with Crippen LogP contribution in [-0.2, 0) is 12.8 Å². The first-order valence-electron chi connectivity index (χ1n) is 7.56. The Kier molecular flexibility index (Phi) is 4.64. The lowest BCUT2D eigenvalue weighted by Gasteiger charge is -2.26.